The SMILES string of the molecule is N[C@@H]1CCN(C(=O)c2ccc(Oc3cccnc3)cc2)C1. The highest BCUT2D eigenvalue weighted by Gasteiger charge is 2.24. The van der Waals surface area contributed by atoms with Crippen LogP contribution in [0.5, 0.6) is 11.5 Å². The molecule has 108 valence electrons. The average molecular weight is 283 g/mol. The second-order valence-corrected chi connectivity index (χ2v) is 5.12. The molecule has 1 aliphatic rings. The van der Waals surface area contributed by atoms with E-state index >= 15 is 0 Å². The molecule has 0 spiro atoms. The second kappa shape index (κ2) is 5.93. The summed E-state index contributed by atoms with van der Waals surface area (Å²) in [6.45, 7) is 1.36. The molecular weight excluding hydrogens is 266 g/mol. The Labute approximate surface area is 123 Å². The number of benzene rings is 1. The minimum Gasteiger partial charge on any atom is -0.456 e. The Hall–Kier alpha value is -2.40. The van der Waals surface area contributed by atoms with E-state index < -0.39 is 0 Å². The number of carbonyl (C=O) groups excluding carboxylic acids is 1. The van der Waals surface area contributed by atoms with E-state index in [9.17, 15) is 4.79 Å². The van der Waals surface area contributed by atoms with Gasteiger partial charge in [-0.05, 0) is 42.8 Å². The van der Waals surface area contributed by atoms with E-state index in [0.29, 0.717) is 23.6 Å². The number of rotatable bonds is 3. The normalized spacial score (nSPS) is 17.8. The fraction of sp³-hybridized carbons (Fsp3) is 0.250. The third kappa shape index (κ3) is 3.20. The molecule has 0 radical (unpaired) electrons. The van der Waals surface area contributed by atoms with Gasteiger partial charge in [-0.1, -0.05) is 0 Å². The van der Waals surface area contributed by atoms with Gasteiger partial charge in [0.15, 0.2) is 0 Å². The molecule has 3 rings (SSSR count). The maximum absolute atomic E-state index is 12.3. The number of aromatic nitrogens is 1. The molecule has 21 heavy (non-hydrogen) atoms. The van der Waals surface area contributed by atoms with E-state index in [1.807, 2.05) is 12.1 Å². The Morgan fingerprint density at radius 2 is 2.05 bits per heavy atom. The number of amides is 1. The number of nitrogens with zero attached hydrogens (tertiary/aromatic N) is 2. The molecule has 1 atom stereocenters. The molecule has 2 N–H and O–H groups in total. The zero-order valence-electron chi connectivity index (χ0n) is 11.6. The first-order chi connectivity index (χ1) is 10.2. The topological polar surface area (TPSA) is 68.5 Å². The Morgan fingerprint density at radius 1 is 1.24 bits per heavy atom. The van der Waals surface area contributed by atoms with Gasteiger partial charge in [0.25, 0.3) is 5.91 Å². The van der Waals surface area contributed by atoms with Crippen LogP contribution in [0.15, 0.2) is 48.8 Å². The first-order valence-electron chi connectivity index (χ1n) is 6.95. The van der Waals surface area contributed by atoms with Crippen LogP contribution in [0.3, 0.4) is 0 Å². The van der Waals surface area contributed by atoms with E-state index in [1.54, 1.807) is 41.6 Å². The third-order valence-corrected chi connectivity index (χ3v) is 3.48. The van der Waals surface area contributed by atoms with Gasteiger partial charge in [0.05, 0.1) is 6.20 Å². The van der Waals surface area contributed by atoms with E-state index in [1.165, 1.54) is 0 Å². The molecule has 1 aromatic heterocycles. The number of ether oxygens (including phenoxy) is 1. The molecule has 0 unspecified atom stereocenters. The van der Waals surface area contributed by atoms with Crippen LogP contribution < -0.4 is 10.5 Å². The minimum atomic E-state index is 0.0240. The number of nitrogens with two attached hydrogens (primary N) is 1. The summed E-state index contributed by atoms with van der Waals surface area (Å²) in [6.07, 6.45) is 4.20. The zero-order valence-corrected chi connectivity index (χ0v) is 11.6. The summed E-state index contributed by atoms with van der Waals surface area (Å²) in [7, 11) is 0. The highest BCUT2D eigenvalue weighted by Crippen LogP contribution is 2.21. The standard InChI is InChI=1S/C16H17N3O2/c17-13-7-9-19(11-13)16(20)12-3-5-14(6-4-12)21-15-2-1-8-18-10-15/h1-6,8,10,13H,7,9,11,17H2/t13-/m1/s1. The smallest absolute Gasteiger partial charge is 0.253 e. The quantitative estimate of drug-likeness (QED) is 0.936. The van der Waals surface area contributed by atoms with Crippen molar-refractivity contribution in [2.45, 2.75) is 12.5 Å². The van der Waals surface area contributed by atoms with Crippen molar-refractivity contribution in [3.63, 3.8) is 0 Å². The van der Waals surface area contributed by atoms with E-state index in [4.69, 9.17) is 10.5 Å². The van der Waals surface area contributed by atoms with Crippen LogP contribution in [-0.2, 0) is 0 Å². The van der Waals surface area contributed by atoms with E-state index in [2.05, 4.69) is 4.98 Å². The summed E-state index contributed by atoms with van der Waals surface area (Å²) in [4.78, 5) is 18.1. The van der Waals surface area contributed by atoms with Crippen molar-refractivity contribution >= 4 is 5.91 Å². The van der Waals surface area contributed by atoms with Crippen LogP contribution in [0.1, 0.15) is 16.8 Å². The summed E-state index contributed by atoms with van der Waals surface area (Å²) in [5.41, 5.74) is 6.49. The second-order valence-electron chi connectivity index (χ2n) is 5.12. The molecular formula is C16H17N3O2. The molecule has 1 saturated heterocycles. The van der Waals surface area contributed by atoms with Gasteiger partial charge in [-0.15, -0.1) is 0 Å². The van der Waals surface area contributed by atoms with Gasteiger partial charge in [-0.2, -0.15) is 0 Å². The summed E-state index contributed by atoms with van der Waals surface area (Å²) >= 11 is 0. The van der Waals surface area contributed by atoms with Crippen LogP contribution in [-0.4, -0.2) is 34.9 Å². The van der Waals surface area contributed by atoms with Gasteiger partial charge in [-0.25, -0.2) is 0 Å². The predicted molar refractivity (Wildman–Crippen MR) is 79.2 cm³/mol. The van der Waals surface area contributed by atoms with Crippen molar-refractivity contribution < 1.29 is 9.53 Å². The van der Waals surface area contributed by atoms with E-state index in [0.717, 1.165) is 13.0 Å². The van der Waals surface area contributed by atoms with E-state index in [-0.39, 0.29) is 11.9 Å². The summed E-state index contributed by atoms with van der Waals surface area (Å²) in [6, 6.07) is 10.9. The van der Waals surface area contributed by atoms with Crippen molar-refractivity contribution in [3.05, 3.63) is 54.4 Å². The number of likely N-dealkylation sites (tertiary alicyclic amines) is 1. The lowest BCUT2D eigenvalue weighted by Crippen LogP contribution is -2.31. The highest BCUT2D eigenvalue weighted by molar-refractivity contribution is 5.94. The van der Waals surface area contributed by atoms with Gasteiger partial charge in [0, 0.05) is 30.9 Å². The highest BCUT2D eigenvalue weighted by atomic mass is 16.5. The molecule has 2 heterocycles. The monoisotopic (exact) mass is 283 g/mol. The van der Waals surface area contributed by atoms with Crippen LogP contribution >= 0.6 is 0 Å². The van der Waals surface area contributed by atoms with Crippen molar-refractivity contribution in [3.8, 4) is 11.5 Å². The average Bonchev–Trinajstić information content (AvgIpc) is 2.95. The van der Waals surface area contributed by atoms with Crippen LogP contribution in [0.25, 0.3) is 0 Å². The lowest BCUT2D eigenvalue weighted by atomic mass is 10.2. The fourth-order valence-electron chi connectivity index (χ4n) is 2.36. The molecule has 1 aliphatic heterocycles. The molecule has 0 aliphatic carbocycles. The molecule has 5 nitrogen and oxygen atoms in total. The Kier molecular flexibility index (Phi) is 3.83. The van der Waals surface area contributed by atoms with Crippen LogP contribution in [0, 0.1) is 0 Å². The number of carbonyl (C=O) groups is 1. The van der Waals surface area contributed by atoms with Gasteiger partial charge in [0.1, 0.15) is 11.5 Å². The predicted octanol–water partition coefficient (Wildman–Crippen LogP) is 2.05. The lowest BCUT2D eigenvalue weighted by Gasteiger charge is -2.16. The first-order valence-corrected chi connectivity index (χ1v) is 6.95. The molecule has 0 saturated carbocycles. The van der Waals surface area contributed by atoms with Crippen molar-refractivity contribution in [2.24, 2.45) is 5.73 Å². The Morgan fingerprint density at radius 3 is 2.67 bits per heavy atom. The third-order valence-electron chi connectivity index (χ3n) is 3.48. The molecule has 1 amide bonds. The van der Waals surface area contributed by atoms with Crippen LogP contribution in [0.2, 0.25) is 0 Å². The molecule has 0 bridgehead atoms. The van der Waals surface area contributed by atoms with Crippen molar-refractivity contribution in [1.82, 2.24) is 9.88 Å². The Balaban J connectivity index is 1.68. The van der Waals surface area contributed by atoms with Gasteiger partial charge in [0.2, 0.25) is 0 Å². The van der Waals surface area contributed by atoms with Crippen molar-refractivity contribution in [1.29, 1.82) is 0 Å². The molecule has 1 fully saturated rings. The Bertz CT molecular complexity index is 613. The van der Waals surface area contributed by atoms with Crippen molar-refractivity contribution in [2.75, 3.05) is 13.1 Å². The minimum absolute atomic E-state index is 0.0240. The number of hydrogen-bond acceptors (Lipinski definition) is 4. The van der Waals surface area contributed by atoms with Gasteiger partial charge < -0.3 is 15.4 Å². The lowest BCUT2D eigenvalue weighted by molar-refractivity contribution is 0.0791. The molecule has 1 aromatic carbocycles. The summed E-state index contributed by atoms with van der Waals surface area (Å²) < 4.78 is 5.65. The maximum atomic E-state index is 12.3. The number of hydrogen-bond donors (Lipinski definition) is 1. The molecule has 5 heteroatoms. The summed E-state index contributed by atoms with van der Waals surface area (Å²) in [5, 5.41) is 0. The maximum Gasteiger partial charge on any atom is 0.253 e. The fourth-order valence-corrected chi connectivity index (χ4v) is 2.36. The largest absolute Gasteiger partial charge is 0.456 e. The molecule has 2 aromatic rings. The van der Waals surface area contributed by atoms with Gasteiger partial charge in [-0.3, -0.25) is 9.78 Å². The number of pyridine rings is 1. The zero-order chi connectivity index (χ0) is 14.7. The van der Waals surface area contributed by atoms with Gasteiger partial charge >= 0.3 is 0 Å². The summed E-state index contributed by atoms with van der Waals surface area (Å²) in [5.74, 6) is 1.37. The first kappa shape index (κ1) is 13.6. The van der Waals surface area contributed by atoms with Crippen LogP contribution in [0.4, 0.5) is 0 Å².